The molecule has 0 spiro atoms. The minimum absolute atomic E-state index is 0.199. The molecular formula is C15H15N3O2S. The quantitative estimate of drug-likeness (QED) is 0.837. The number of aliphatic hydroxyl groups excluding tert-OH is 1. The molecule has 2 aromatic heterocycles. The Labute approximate surface area is 127 Å². The Balaban J connectivity index is 1.93. The third-order valence-corrected chi connectivity index (χ3v) is 3.80. The summed E-state index contributed by atoms with van der Waals surface area (Å²) >= 11 is 1.59. The highest BCUT2D eigenvalue weighted by atomic mass is 32.1. The van der Waals surface area contributed by atoms with E-state index >= 15 is 0 Å². The zero-order valence-electron chi connectivity index (χ0n) is 11.6. The van der Waals surface area contributed by atoms with E-state index in [9.17, 15) is 4.79 Å². The lowest BCUT2D eigenvalue weighted by molar-refractivity contribution is 0.0946. The highest BCUT2D eigenvalue weighted by Crippen LogP contribution is 2.13. The van der Waals surface area contributed by atoms with Crippen LogP contribution in [0.2, 0.25) is 0 Å². The summed E-state index contributed by atoms with van der Waals surface area (Å²) in [4.78, 5) is 21.4. The van der Waals surface area contributed by atoms with Crippen molar-refractivity contribution in [3.05, 3.63) is 45.7 Å². The van der Waals surface area contributed by atoms with E-state index in [1.54, 1.807) is 23.5 Å². The van der Waals surface area contributed by atoms with Gasteiger partial charge in [0.25, 0.3) is 5.91 Å². The second kappa shape index (κ2) is 7.53. The van der Waals surface area contributed by atoms with Crippen LogP contribution >= 0.6 is 11.3 Å². The van der Waals surface area contributed by atoms with Crippen molar-refractivity contribution < 1.29 is 9.90 Å². The van der Waals surface area contributed by atoms with Gasteiger partial charge in [0.2, 0.25) is 0 Å². The lowest BCUT2D eigenvalue weighted by Gasteiger charge is -2.02. The highest BCUT2D eigenvalue weighted by molar-refractivity contribution is 7.11. The number of aromatic nitrogens is 2. The maximum absolute atomic E-state index is 11.9. The van der Waals surface area contributed by atoms with Crippen molar-refractivity contribution in [2.45, 2.75) is 19.9 Å². The van der Waals surface area contributed by atoms with Gasteiger partial charge in [-0.15, -0.1) is 11.3 Å². The monoisotopic (exact) mass is 301 g/mol. The molecule has 2 N–H and O–H groups in total. The number of rotatable bonds is 4. The maximum Gasteiger partial charge on any atom is 0.270 e. The largest absolute Gasteiger partial charge is 0.384 e. The molecule has 0 aliphatic rings. The molecule has 2 aromatic rings. The smallest absolute Gasteiger partial charge is 0.270 e. The molecule has 0 aromatic carbocycles. The Kier molecular flexibility index (Phi) is 5.43. The number of nitrogens with zero attached hydrogens (tertiary/aromatic N) is 2. The van der Waals surface area contributed by atoms with Crippen molar-refractivity contribution in [1.82, 2.24) is 15.3 Å². The van der Waals surface area contributed by atoms with Crippen molar-refractivity contribution in [2.75, 3.05) is 6.61 Å². The van der Waals surface area contributed by atoms with Crippen molar-refractivity contribution in [1.29, 1.82) is 0 Å². The average molecular weight is 301 g/mol. The normalized spacial score (nSPS) is 9.81. The fourth-order valence-electron chi connectivity index (χ4n) is 1.58. The van der Waals surface area contributed by atoms with Crippen LogP contribution in [-0.2, 0) is 13.0 Å². The molecule has 0 aliphatic heterocycles. The minimum Gasteiger partial charge on any atom is -0.384 e. The van der Waals surface area contributed by atoms with Gasteiger partial charge in [0, 0.05) is 22.8 Å². The number of carbonyl (C=O) groups excluding carboxylic acids is 1. The van der Waals surface area contributed by atoms with Crippen molar-refractivity contribution in [3.63, 3.8) is 0 Å². The molecule has 0 fully saturated rings. The number of hydrogen-bond acceptors (Lipinski definition) is 5. The van der Waals surface area contributed by atoms with E-state index < -0.39 is 0 Å². The zero-order valence-corrected chi connectivity index (χ0v) is 12.4. The maximum atomic E-state index is 11.9. The Morgan fingerprint density at radius 3 is 2.86 bits per heavy atom. The van der Waals surface area contributed by atoms with E-state index in [1.807, 2.05) is 6.20 Å². The van der Waals surface area contributed by atoms with Gasteiger partial charge < -0.3 is 10.4 Å². The number of carbonyl (C=O) groups is 1. The van der Waals surface area contributed by atoms with E-state index in [2.05, 4.69) is 34.0 Å². The Morgan fingerprint density at radius 2 is 2.24 bits per heavy atom. The van der Waals surface area contributed by atoms with Crippen LogP contribution in [-0.4, -0.2) is 27.6 Å². The molecule has 0 bridgehead atoms. The molecule has 0 saturated heterocycles. The van der Waals surface area contributed by atoms with Gasteiger partial charge in [0.15, 0.2) is 0 Å². The standard InChI is InChI=1S/C15H15N3O2S/c1-2-12-9-17-14(21-12)10-18-15(20)13-6-5-11(8-16-13)4-3-7-19/h5-6,8-9,19H,2,7,10H2,1H3,(H,18,20). The van der Waals surface area contributed by atoms with E-state index in [0.717, 1.165) is 11.4 Å². The van der Waals surface area contributed by atoms with Crippen molar-refractivity contribution >= 4 is 17.2 Å². The van der Waals surface area contributed by atoms with Crippen molar-refractivity contribution in [2.24, 2.45) is 0 Å². The summed E-state index contributed by atoms with van der Waals surface area (Å²) < 4.78 is 0. The van der Waals surface area contributed by atoms with Gasteiger partial charge >= 0.3 is 0 Å². The van der Waals surface area contributed by atoms with Crippen LogP contribution in [0.15, 0.2) is 24.5 Å². The van der Waals surface area contributed by atoms with E-state index in [-0.39, 0.29) is 12.5 Å². The molecule has 21 heavy (non-hydrogen) atoms. The first-order chi connectivity index (χ1) is 10.2. The minimum atomic E-state index is -0.245. The van der Waals surface area contributed by atoms with Gasteiger partial charge in [-0.2, -0.15) is 0 Å². The molecule has 108 valence electrons. The van der Waals surface area contributed by atoms with E-state index in [1.165, 1.54) is 11.1 Å². The molecule has 1 amide bonds. The number of aliphatic hydroxyl groups is 1. The molecule has 0 aliphatic carbocycles. The van der Waals surface area contributed by atoms with Crippen LogP contribution in [0.4, 0.5) is 0 Å². The van der Waals surface area contributed by atoms with Gasteiger partial charge in [-0.1, -0.05) is 18.8 Å². The Morgan fingerprint density at radius 1 is 1.38 bits per heavy atom. The first-order valence-corrected chi connectivity index (χ1v) is 7.32. The summed E-state index contributed by atoms with van der Waals surface area (Å²) in [6, 6.07) is 3.30. The fourth-order valence-corrected chi connectivity index (χ4v) is 2.39. The summed E-state index contributed by atoms with van der Waals surface area (Å²) in [6.45, 7) is 2.27. The molecule has 0 atom stereocenters. The molecule has 2 rings (SSSR count). The van der Waals surface area contributed by atoms with E-state index in [4.69, 9.17) is 5.11 Å². The lowest BCUT2D eigenvalue weighted by atomic mass is 10.2. The molecular weight excluding hydrogens is 286 g/mol. The number of amides is 1. The second-order valence-electron chi connectivity index (χ2n) is 4.15. The Hall–Kier alpha value is -2.23. The SMILES string of the molecule is CCc1cnc(CNC(=O)c2ccc(C#CCO)cn2)s1. The topological polar surface area (TPSA) is 75.1 Å². The first-order valence-electron chi connectivity index (χ1n) is 6.50. The molecule has 5 nitrogen and oxygen atoms in total. The fraction of sp³-hybridized carbons (Fsp3) is 0.267. The molecule has 0 saturated carbocycles. The van der Waals surface area contributed by atoms with Crippen LogP contribution < -0.4 is 5.32 Å². The predicted octanol–water partition coefficient (Wildman–Crippen LogP) is 1.37. The first kappa shape index (κ1) is 15.2. The van der Waals surface area contributed by atoms with Gasteiger partial charge in [-0.05, 0) is 18.6 Å². The summed E-state index contributed by atoms with van der Waals surface area (Å²) in [6.07, 6.45) is 4.29. The van der Waals surface area contributed by atoms with E-state index in [0.29, 0.717) is 17.8 Å². The molecule has 0 radical (unpaired) electrons. The summed E-state index contributed by atoms with van der Waals surface area (Å²) in [5, 5.41) is 12.3. The van der Waals surface area contributed by atoms with Gasteiger partial charge in [-0.25, -0.2) is 9.97 Å². The van der Waals surface area contributed by atoms with Gasteiger partial charge in [0.05, 0.1) is 6.54 Å². The average Bonchev–Trinajstić information content (AvgIpc) is 2.99. The van der Waals surface area contributed by atoms with Crippen LogP contribution in [0.25, 0.3) is 0 Å². The van der Waals surface area contributed by atoms with Gasteiger partial charge in [-0.3, -0.25) is 4.79 Å². The van der Waals surface area contributed by atoms with Gasteiger partial charge in [0.1, 0.15) is 17.3 Å². The van der Waals surface area contributed by atoms with Crippen LogP contribution in [0.3, 0.4) is 0 Å². The van der Waals surface area contributed by atoms with Crippen molar-refractivity contribution in [3.8, 4) is 11.8 Å². The summed E-state index contributed by atoms with van der Waals surface area (Å²) in [5.74, 6) is 5.01. The van der Waals surface area contributed by atoms with Crippen LogP contribution in [0.5, 0.6) is 0 Å². The molecule has 6 heteroatoms. The van der Waals surface area contributed by atoms with Crippen LogP contribution in [0.1, 0.15) is 32.9 Å². The second-order valence-corrected chi connectivity index (χ2v) is 5.35. The number of pyridine rings is 1. The molecule has 0 unspecified atom stereocenters. The third-order valence-electron chi connectivity index (χ3n) is 2.66. The predicted molar refractivity (Wildman–Crippen MR) is 80.9 cm³/mol. The summed E-state index contributed by atoms with van der Waals surface area (Å²) in [7, 11) is 0. The number of thiazole rings is 1. The summed E-state index contributed by atoms with van der Waals surface area (Å²) in [5.41, 5.74) is 0.991. The van der Waals surface area contributed by atoms with Crippen LogP contribution in [0, 0.1) is 11.8 Å². The third kappa shape index (κ3) is 4.38. The number of hydrogen-bond donors (Lipinski definition) is 2. The Bertz CT molecular complexity index is 668. The molecule has 2 heterocycles. The lowest BCUT2D eigenvalue weighted by Crippen LogP contribution is -2.23. The zero-order chi connectivity index (χ0) is 15.1. The number of aryl methyl sites for hydroxylation is 1. The number of nitrogens with one attached hydrogen (secondary N) is 1. The highest BCUT2D eigenvalue weighted by Gasteiger charge is 2.08.